The summed E-state index contributed by atoms with van der Waals surface area (Å²) >= 11 is 0. The van der Waals surface area contributed by atoms with Crippen LogP contribution in [0.1, 0.15) is 31.1 Å². The van der Waals surface area contributed by atoms with Crippen LogP contribution in [0.25, 0.3) is 0 Å². The normalized spacial score (nSPS) is 12.4. The Morgan fingerprint density at radius 1 is 0.905 bits per heavy atom. The number of rotatable bonds is 7. The van der Waals surface area contributed by atoms with E-state index in [1.807, 2.05) is 24.3 Å². The van der Waals surface area contributed by atoms with Gasteiger partial charge in [-0.15, -0.1) is 0 Å². The summed E-state index contributed by atoms with van der Waals surface area (Å²) in [4.78, 5) is 2.40. The predicted molar refractivity (Wildman–Crippen MR) is 88.8 cm³/mol. The molecule has 2 aromatic carbocycles. The lowest BCUT2D eigenvalue weighted by Crippen LogP contribution is -2.30. The van der Waals surface area contributed by atoms with Crippen LogP contribution in [0.15, 0.2) is 54.6 Å². The van der Waals surface area contributed by atoms with Crippen LogP contribution < -0.4 is 4.74 Å². The Kier molecular flexibility index (Phi) is 5.82. The zero-order valence-electron chi connectivity index (χ0n) is 13.3. The Balaban J connectivity index is 2.22. The maximum absolute atomic E-state index is 6.32. The summed E-state index contributed by atoms with van der Waals surface area (Å²) in [6.45, 7) is 9.46. The molecule has 0 N–H and O–H groups in total. The minimum atomic E-state index is 0.0622. The second-order valence-electron chi connectivity index (χ2n) is 5.27. The van der Waals surface area contributed by atoms with Crippen molar-refractivity contribution in [1.29, 1.82) is 0 Å². The summed E-state index contributed by atoms with van der Waals surface area (Å²) in [6, 6.07) is 18.7. The van der Waals surface area contributed by atoms with Crippen molar-refractivity contribution in [1.82, 2.24) is 4.90 Å². The lowest BCUT2D eigenvalue weighted by Gasteiger charge is -2.27. The number of hydrogen-bond donors (Lipinski definition) is 0. The molecule has 0 bridgehead atoms. The van der Waals surface area contributed by atoms with E-state index in [2.05, 4.69) is 56.0 Å². The lowest BCUT2D eigenvalue weighted by atomic mass is 10.1. The van der Waals surface area contributed by atoms with Crippen molar-refractivity contribution in [3.8, 4) is 5.75 Å². The first kappa shape index (κ1) is 15.6. The summed E-state index contributed by atoms with van der Waals surface area (Å²) < 4.78 is 6.32. The summed E-state index contributed by atoms with van der Waals surface area (Å²) in [6.07, 6.45) is 0.0622. The average molecular weight is 283 g/mol. The topological polar surface area (TPSA) is 12.5 Å². The molecule has 2 rings (SSSR count). The third kappa shape index (κ3) is 4.33. The highest BCUT2D eigenvalue weighted by Crippen LogP contribution is 2.25. The molecule has 21 heavy (non-hydrogen) atoms. The predicted octanol–water partition coefficient (Wildman–Crippen LogP) is 4.46. The van der Waals surface area contributed by atoms with Crippen LogP contribution in [0.5, 0.6) is 5.75 Å². The van der Waals surface area contributed by atoms with Gasteiger partial charge in [-0.25, -0.2) is 0 Å². The first-order valence-corrected chi connectivity index (χ1v) is 7.74. The van der Waals surface area contributed by atoms with Gasteiger partial charge in [0.15, 0.2) is 0 Å². The van der Waals surface area contributed by atoms with Gasteiger partial charge in [-0.1, -0.05) is 62.4 Å². The highest BCUT2D eigenvalue weighted by molar-refractivity contribution is 5.33. The maximum atomic E-state index is 6.32. The number of nitrogens with zero attached hydrogens (tertiary/aromatic N) is 1. The minimum Gasteiger partial charge on any atom is -0.484 e. The number of aryl methyl sites for hydroxylation is 1. The number of ether oxygens (including phenoxy) is 1. The molecule has 112 valence electrons. The minimum absolute atomic E-state index is 0.0622. The van der Waals surface area contributed by atoms with Crippen molar-refractivity contribution < 1.29 is 4.74 Å². The van der Waals surface area contributed by atoms with Gasteiger partial charge in [0.1, 0.15) is 11.9 Å². The quantitative estimate of drug-likeness (QED) is 0.744. The van der Waals surface area contributed by atoms with E-state index in [1.165, 1.54) is 11.1 Å². The third-order valence-electron chi connectivity index (χ3n) is 3.85. The molecule has 0 saturated carbocycles. The van der Waals surface area contributed by atoms with Crippen LogP contribution >= 0.6 is 0 Å². The van der Waals surface area contributed by atoms with Gasteiger partial charge in [0.25, 0.3) is 0 Å². The third-order valence-corrected chi connectivity index (χ3v) is 3.85. The molecule has 0 unspecified atom stereocenters. The molecule has 1 atom stereocenters. The van der Waals surface area contributed by atoms with E-state index in [-0.39, 0.29) is 6.10 Å². The van der Waals surface area contributed by atoms with Crippen molar-refractivity contribution in [2.24, 2.45) is 0 Å². The van der Waals surface area contributed by atoms with Crippen molar-refractivity contribution in [3.05, 3.63) is 65.7 Å². The van der Waals surface area contributed by atoms with Gasteiger partial charge in [-0.3, -0.25) is 4.90 Å². The maximum Gasteiger partial charge on any atom is 0.136 e. The SMILES string of the molecule is CCN(CC)C[C@@H](Oc1ccccc1C)c1ccccc1. The molecule has 0 amide bonds. The summed E-state index contributed by atoms with van der Waals surface area (Å²) in [7, 11) is 0. The number of likely N-dealkylation sites (N-methyl/N-ethyl adjacent to an activating group) is 1. The van der Waals surface area contributed by atoms with E-state index >= 15 is 0 Å². The Hall–Kier alpha value is -1.80. The fourth-order valence-corrected chi connectivity index (χ4v) is 2.44. The molecule has 2 aromatic rings. The molecule has 0 aliphatic heterocycles. The Morgan fingerprint density at radius 2 is 1.52 bits per heavy atom. The van der Waals surface area contributed by atoms with Gasteiger partial charge in [0.2, 0.25) is 0 Å². The smallest absolute Gasteiger partial charge is 0.136 e. The molecule has 0 spiro atoms. The van der Waals surface area contributed by atoms with Crippen LogP contribution in [0.4, 0.5) is 0 Å². The van der Waals surface area contributed by atoms with Crippen LogP contribution in [0.2, 0.25) is 0 Å². The molecular formula is C19H25NO. The molecule has 2 nitrogen and oxygen atoms in total. The summed E-state index contributed by atoms with van der Waals surface area (Å²) in [5.41, 5.74) is 2.41. The molecule has 0 fully saturated rings. The molecule has 0 aliphatic carbocycles. The Bertz CT molecular complexity index is 534. The molecule has 2 heteroatoms. The second-order valence-corrected chi connectivity index (χ2v) is 5.27. The van der Waals surface area contributed by atoms with Crippen molar-refractivity contribution >= 4 is 0 Å². The summed E-state index contributed by atoms with van der Waals surface area (Å²) in [5.74, 6) is 0.971. The van der Waals surface area contributed by atoms with Crippen molar-refractivity contribution in [3.63, 3.8) is 0 Å². The highest BCUT2D eigenvalue weighted by atomic mass is 16.5. The van der Waals surface area contributed by atoms with E-state index in [4.69, 9.17) is 4.74 Å². The van der Waals surface area contributed by atoms with Crippen LogP contribution in [-0.4, -0.2) is 24.5 Å². The number of hydrogen-bond acceptors (Lipinski definition) is 2. The fourth-order valence-electron chi connectivity index (χ4n) is 2.44. The average Bonchev–Trinajstić information content (AvgIpc) is 2.54. The monoisotopic (exact) mass is 283 g/mol. The highest BCUT2D eigenvalue weighted by Gasteiger charge is 2.17. The largest absolute Gasteiger partial charge is 0.484 e. The molecule has 0 aromatic heterocycles. The molecular weight excluding hydrogens is 258 g/mol. The van der Waals surface area contributed by atoms with E-state index in [1.54, 1.807) is 0 Å². The van der Waals surface area contributed by atoms with E-state index in [9.17, 15) is 0 Å². The van der Waals surface area contributed by atoms with E-state index in [0.717, 1.165) is 25.4 Å². The van der Waals surface area contributed by atoms with Gasteiger partial charge >= 0.3 is 0 Å². The van der Waals surface area contributed by atoms with Crippen LogP contribution in [-0.2, 0) is 0 Å². The standard InChI is InChI=1S/C19H25NO/c1-4-20(5-2)15-19(17-12-7-6-8-13-17)21-18-14-10-9-11-16(18)3/h6-14,19H,4-5,15H2,1-3H3/t19-/m1/s1. The lowest BCUT2D eigenvalue weighted by molar-refractivity contribution is 0.139. The Labute approximate surface area is 128 Å². The zero-order valence-corrected chi connectivity index (χ0v) is 13.3. The van der Waals surface area contributed by atoms with Crippen molar-refractivity contribution in [2.75, 3.05) is 19.6 Å². The van der Waals surface area contributed by atoms with Crippen LogP contribution in [0.3, 0.4) is 0 Å². The number of benzene rings is 2. The molecule has 0 saturated heterocycles. The van der Waals surface area contributed by atoms with E-state index < -0.39 is 0 Å². The van der Waals surface area contributed by atoms with Gasteiger partial charge in [-0.2, -0.15) is 0 Å². The van der Waals surface area contributed by atoms with Gasteiger partial charge < -0.3 is 4.74 Å². The first-order valence-electron chi connectivity index (χ1n) is 7.74. The molecule has 0 heterocycles. The zero-order chi connectivity index (χ0) is 15.1. The second kappa shape index (κ2) is 7.84. The molecule has 0 radical (unpaired) electrons. The Morgan fingerprint density at radius 3 is 2.14 bits per heavy atom. The summed E-state index contributed by atoms with van der Waals surface area (Å²) in [5, 5.41) is 0. The fraction of sp³-hybridized carbons (Fsp3) is 0.368. The van der Waals surface area contributed by atoms with Crippen molar-refractivity contribution in [2.45, 2.75) is 26.9 Å². The van der Waals surface area contributed by atoms with Gasteiger partial charge in [0, 0.05) is 6.54 Å². The van der Waals surface area contributed by atoms with Crippen LogP contribution in [0, 0.1) is 6.92 Å². The van der Waals surface area contributed by atoms with E-state index in [0.29, 0.717) is 0 Å². The van der Waals surface area contributed by atoms with Gasteiger partial charge in [0.05, 0.1) is 0 Å². The first-order chi connectivity index (χ1) is 10.2. The molecule has 0 aliphatic rings. The van der Waals surface area contributed by atoms with Gasteiger partial charge in [-0.05, 0) is 37.2 Å². The number of para-hydroxylation sites is 1.